The predicted molar refractivity (Wildman–Crippen MR) is 73.6 cm³/mol. The number of aryl methyl sites for hydroxylation is 1. The molecule has 1 rings (SSSR count). The molecule has 102 valence electrons. The SMILES string of the molecule is CNC(CCc1cccc(OC)c1F)CC(C)C. The van der Waals surface area contributed by atoms with Crippen LogP contribution in [0.5, 0.6) is 5.75 Å². The van der Waals surface area contributed by atoms with Gasteiger partial charge in [-0.1, -0.05) is 26.0 Å². The molecule has 0 spiro atoms. The number of hydrogen-bond acceptors (Lipinski definition) is 2. The largest absolute Gasteiger partial charge is 0.494 e. The highest BCUT2D eigenvalue weighted by Crippen LogP contribution is 2.22. The number of benzene rings is 1. The van der Waals surface area contributed by atoms with Crippen LogP contribution < -0.4 is 10.1 Å². The minimum absolute atomic E-state index is 0.223. The van der Waals surface area contributed by atoms with Crippen LogP contribution in [0.2, 0.25) is 0 Å². The summed E-state index contributed by atoms with van der Waals surface area (Å²) in [4.78, 5) is 0. The van der Waals surface area contributed by atoms with Gasteiger partial charge >= 0.3 is 0 Å². The molecule has 0 aromatic heterocycles. The summed E-state index contributed by atoms with van der Waals surface area (Å²) in [5, 5.41) is 3.30. The van der Waals surface area contributed by atoms with E-state index in [1.54, 1.807) is 6.07 Å². The zero-order valence-corrected chi connectivity index (χ0v) is 11.8. The van der Waals surface area contributed by atoms with Crippen molar-refractivity contribution in [3.63, 3.8) is 0 Å². The van der Waals surface area contributed by atoms with Gasteiger partial charge in [-0.25, -0.2) is 4.39 Å². The lowest BCUT2D eigenvalue weighted by molar-refractivity contribution is 0.381. The van der Waals surface area contributed by atoms with Gasteiger partial charge in [0, 0.05) is 6.04 Å². The van der Waals surface area contributed by atoms with Gasteiger partial charge in [0.05, 0.1) is 7.11 Å². The Hall–Kier alpha value is -1.09. The molecule has 0 saturated carbocycles. The molecular weight excluding hydrogens is 229 g/mol. The Bertz CT molecular complexity index is 366. The lowest BCUT2D eigenvalue weighted by Crippen LogP contribution is -2.27. The second-order valence-electron chi connectivity index (χ2n) is 5.09. The number of methoxy groups -OCH3 is 1. The topological polar surface area (TPSA) is 21.3 Å². The molecular formula is C15H24FNO. The van der Waals surface area contributed by atoms with E-state index >= 15 is 0 Å². The molecule has 0 aliphatic carbocycles. The van der Waals surface area contributed by atoms with E-state index in [0.717, 1.165) is 24.8 Å². The maximum atomic E-state index is 13.9. The average molecular weight is 253 g/mol. The van der Waals surface area contributed by atoms with E-state index in [2.05, 4.69) is 19.2 Å². The van der Waals surface area contributed by atoms with Crippen LogP contribution in [0, 0.1) is 11.7 Å². The summed E-state index contributed by atoms with van der Waals surface area (Å²) >= 11 is 0. The highest BCUT2D eigenvalue weighted by atomic mass is 19.1. The molecule has 3 heteroatoms. The van der Waals surface area contributed by atoms with Crippen LogP contribution in [0.3, 0.4) is 0 Å². The number of nitrogens with one attached hydrogen (secondary N) is 1. The third-order valence-corrected chi connectivity index (χ3v) is 3.19. The van der Waals surface area contributed by atoms with Crippen molar-refractivity contribution in [2.24, 2.45) is 5.92 Å². The Kier molecular flexibility index (Phi) is 6.13. The van der Waals surface area contributed by atoms with E-state index in [0.29, 0.717) is 17.7 Å². The smallest absolute Gasteiger partial charge is 0.168 e. The van der Waals surface area contributed by atoms with E-state index in [-0.39, 0.29) is 5.82 Å². The quantitative estimate of drug-likeness (QED) is 0.804. The van der Waals surface area contributed by atoms with Crippen molar-refractivity contribution in [3.8, 4) is 5.75 Å². The normalized spacial score (nSPS) is 12.8. The first-order valence-electron chi connectivity index (χ1n) is 6.57. The van der Waals surface area contributed by atoms with Crippen molar-refractivity contribution in [2.75, 3.05) is 14.2 Å². The molecule has 0 amide bonds. The molecule has 18 heavy (non-hydrogen) atoms. The first kappa shape index (κ1) is 15.0. The van der Waals surface area contributed by atoms with Gasteiger partial charge in [-0.15, -0.1) is 0 Å². The first-order chi connectivity index (χ1) is 8.58. The Balaban J connectivity index is 2.62. The molecule has 0 bridgehead atoms. The maximum absolute atomic E-state index is 13.9. The zero-order valence-electron chi connectivity index (χ0n) is 11.8. The van der Waals surface area contributed by atoms with E-state index in [1.165, 1.54) is 7.11 Å². The molecule has 1 unspecified atom stereocenters. The maximum Gasteiger partial charge on any atom is 0.168 e. The fourth-order valence-corrected chi connectivity index (χ4v) is 2.19. The third-order valence-electron chi connectivity index (χ3n) is 3.19. The number of rotatable bonds is 7. The van der Waals surface area contributed by atoms with Gasteiger partial charge in [-0.05, 0) is 43.9 Å². The van der Waals surface area contributed by atoms with E-state index in [1.807, 2.05) is 19.2 Å². The molecule has 1 N–H and O–H groups in total. The number of halogens is 1. The van der Waals surface area contributed by atoms with Gasteiger partial charge in [0.15, 0.2) is 11.6 Å². The highest BCUT2D eigenvalue weighted by molar-refractivity contribution is 5.31. The first-order valence-corrected chi connectivity index (χ1v) is 6.57. The van der Waals surface area contributed by atoms with Crippen molar-refractivity contribution < 1.29 is 9.13 Å². The fraction of sp³-hybridized carbons (Fsp3) is 0.600. The van der Waals surface area contributed by atoms with Gasteiger partial charge < -0.3 is 10.1 Å². The second kappa shape index (κ2) is 7.37. The molecule has 1 aromatic rings. The highest BCUT2D eigenvalue weighted by Gasteiger charge is 2.12. The van der Waals surface area contributed by atoms with Crippen LogP contribution in [-0.2, 0) is 6.42 Å². The van der Waals surface area contributed by atoms with Crippen LogP contribution in [0.15, 0.2) is 18.2 Å². The van der Waals surface area contributed by atoms with Gasteiger partial charge in [-0.2, -0.15) is 0 Å². The average Bonchev–Trinajstić information content (AvgIpc) is 2.35. The van der Waals surface area contributed by atoms with Crippen molar-refractivity contribution in [1.29, 1.82) is 0 Å². The second-order valence-corrected chi connectivity index (χ2v) is 5.09. The molecule has 0 aliphatic rings. The molecule has 1 atom stereocenters. The van der Waals surface area contributed by atoms with Crippen LogP contribution in [-0.4, -0.2) is 20.2 Å². The van der Waals surface area contributed by atoms with Gasteiger partial charge in [0.1, 0.15) is 0 Å². The minimum atomic E-state index is -0.223. The van der Waals surface area contributed by atoms with Crippen molar-refractivity contribution in [2.45, 2.75) is 39.2 Å². The number of hydrogen-bond donors (Lipinski definition) is 1. The lowest BCUT2D eigenvalue weighted by Gasteiger charge is -2.18. The van der Waals surface area contributed by atoms with Crippen LogP contribution in [0.4, 0.5) is 4.39 Å². The van der Waals surface area contributed by atoms with Crippen LogP contribution in [0.1, 0.15) is 32.3 Å². The van der Waals surface area contributed by atoms with Crippen molar-refractivity contribution in [1.82, 2.24) is 5.32 Å². The summed E-state index contributed by atoms with van der Waals surface area (Å²) in [6.45, 7) is 4.41. The van der Waals surface area contributed by atoms with E-state index < -0.39 is 0 Å². The molecule has 0 saturated heterocycles. The predicted octanol–water partition coefficient (Wildman–Crippen LogP) is 3.40. The van der Waals surface area contributed by atoms with Gasteiger partial charge in [0.25, 0.3) is 0 Å². The Morgan fingerprint density at radius 2 is 2.06 bits per heavy atom. The summed E-state index contributed by atoms with van der Waals surface area (Å²) in [5.41, 5.74) is 0.735. The van der Waals surface area contributed by atoms with Crippen LogP contribution >= 0.6 is 0 Å². The lowest BCUT2D eigenvalue weighted by atomic mass is 9.97. The minimum Gasteiger partial charge on any atom is -0.494 e. The number of ether oxygens (including phenoxy) is 1. The zero-order chi connectivity index (χ0) is 13.5. The molecule has 0 heterocycles. The molecule has 0 fully saturated rings. The molecule has 0 aliphatic heterocycles. The summed E-state index contributed by atoms with van der Waals surface area (Å²) < 4.78 is 18.9. The Labute approximate surface area is 110 Å². The Morgan fingerprint density at radius 1 is 1.33 bits per heavy atom. The van der Waals surface area contributed by atoms with Gasteiger partial charge in [0.2, 0.25) is 0 Å². The standard InChI is InChI=1S/C15H24FNO/c1-11(2)10-13(17-3)9-8-12-6-5-7-14(18-4)15(12)16/h5-7,11,13,17H,8-10H2,1-4H3. The fourth-order valence-electron chi connectivity index (χ4n) is 2.19. The third kappa shape index (κ3) is 4.30. The van der Waals surface area contributed by atoms with Crippen molar-refractivity contribution >= 4 is 0 Å². The van der Waals surface area contributed by atoms with E-state index in [4.69, 9.17) is 4.74 Å². The summed E-state index contributed by atoms with van der Waals surface area (Å²) in [5.74, 6) is 0.759. The Morgan fingerprint density at radius 3 is 2.61 bits per heavy atom. The summed E-state index contributed by atoms with van der Waals surface area (Å²) in [6, 6.07) is 5.77. The molecule has 0 radical (unpaired) electrons. The molecule has 1 aromatic carbocycles. The summed E-state index contributed by atoms with van der Waals surface area (Å²) in [7, 11) is 3.46. The van der Waals surface area contributed by atoms with Crippen LogP contribution in [0.25, 0.3) is 0 Å². The van der Waals surface area contributed by atoms with Crippen molar-refractivity contribution in [3.05, 3.63) is 29.6 Å². The molecule has 2 nitrogen and oxygen atoms in total. The summed E-state index contributed by atoms with van der Waals surface area (Å²) in [6.07, 6.45) is 2.79. The van der Waals surface area contributed by atoms with Gasteiger partial charge in [-0.3, -0.25) is 0 Å². The monoisotopic (exact) mass is 253 g/mol. The van der Waals surface area contributed by atoms with E-state index in [9.17, 15) is 4.39 Å².